The van der Waals surface area contributed by atoms with Crippen molar-refractivity contribution < 1.29 is 0 Å². The maximum Gasteiger partial charge on any atom is 0.0493 e. The molecular formula is C15H24N2. The minimum Gasteiger partial charge on any atom is -0.326 e. The molecule has 0 bridgehead atoms. The SMILES string of the molecule is Cc1ccc(C(C(C)N)N(C)CC2CC2)cc1. The molecule has 1 aliphatic rings. The minimum absolute atomic E-state index is 0.168. The van der Waals surface area contributed by atoms with E-state index in [0.29, 0.717) is 6.04 Å². The molecule has 2 heteroatoms. The minimum atomic E-state index is 0.168. The second-order valence-electron chi connectivity index (χ2n) is 5.60. The van der Waals surface area contributed by atoms with E-state index in [1.807, 2.05) is 0 Å². The summed E-state index contributed by atoms with van der Waals surface area (Å²) in [5.41, 5.74) is 8.81. The van der Waals surface area contributed by atoms with E-state index in [1.54, 1.807) is 0 Å². The fourth-order valence-electron chi connectivity index (χ4n) is 2.54. The van der Waals surface area contributed by atoms with Crippen LogP contribution in [0.5, 0.6) is 0 Å². The van der Waals surface area contributed by atoms with E-state index in [4.69, 9.17) is 5.73 Å². The molecule has 0 amide bonds. The molecule has 0 aromatic heterocycles. The van der Waals surface area contributed by atoms with Gasteiger partial charge in [0.2, 0.25) is 0 Å². The van der Waals surface area contributed by atoms with Gasteiger partial charge in [0.05, 0.1) is 0 Å². The Morgan fingerprint density at radius 1 is 1.29 bits per heavy atom. The van der Waals surface area contributed by atoms with Crippen molar-refractivity contribution in [2.45, 2.75) is 38.8 Å². The normalized spacial score (nSPS) is 19.4. The molecule has 0 heterocycles. The lowest BCUT2D eigenvalue weighted by Crippen LogP contribution is -2.38. The summed E-state index contributed by atoms with van der Waals surface area (Å²) < 4.78 is 0. The molecule has 2 atom stereocenters. The number of hydrogen-bond acceptors (Lipinski definition) is 2. The Morgan fingerprint density at radius 2 is 1.88 bits per heavy atom. The van der Waals surface area contributed by atoms with Crippen molar-refractivity contribution in [2.24, 2.45) is 11.7 Å². The number of likely N-dealkylation sites (N-methyl/N-ethyl adjacent to an activating group) is 1. The van der Waals surface area contributed by atoms with Crippen molar-refractivity contribution in [1.82, 2.24) is 4.90 Å². The molecule has 1 aliphatic carbocycles. The van der Waals surface area contributed by atoms with Gasteiger partial charge in [-0.05, 0) is 45.2 Å². The van der Waals surface area contributed by atoms with Crippen LogP contribution in [-0.2, 0) is 0 Å². The monoisotopic (exact) mass is 232 g/mol. The van der Waals surface area contributed by atoms with Crippen molar-refractivity contribution in [3.8, 4) is 0 Å². The van der Waals surface area contributed by atoms with Gasteiger partial charge in [-0.15, -0.1) is 0 Å². The highest BCUT2D eigenvalue weighted by atomic mass is 15.1. The van der Waals surface area contributed by atoms with Crippen molar-refractivity contribution in [3.63, 3.8) is 0 Å². The Kier molecular flexibility index (Phi) is 3.85. The van der Waals surface area contributed by atoms with Crippen LogP contribution >= 0.6 is 0 Å². The second-order valence-corrected chi connectivity index (χ2v) is 5.60. The molecule has 0 saturated heterocycles. The fraction of sp³-hybridized carbons (Fsp3) is 0.600. The van der Waals surface area contributed by atoms with Crippen molar-refractivity contribution in [3.05, 3.63) is 35.4 Å². The number of hydrogen-bond donors (Lipinski definition) is 1. The highest BCUT2D eigenvalue weighted by Crippen LogP contribution is 2.32. The standard InChI is InChI=1S/C15H24N2/c1-11-4-8-14(9-5-11)15(12(2)16)17(3)10-13-6-7-13/h4-5,8-9,12-13,15H,6-7,10,16H2,1-3H3. The molecule has 2 rings (SSSR count). The van der Waals surface area contributed by atoms with Crippen LogP contribution < -0.4 is 5.73 Å². The van der Waals surface area contributed by atoms with Crippen LogP contribution in [-0.4, -0.2) is 24.5 Å². The molecule has 94 valence electrons. The van der Waals surface area contributed by atoms with Gasteiger partial charge in [0.1, 0.15) is 0 Å². The average Bonchev–Trinajstić information content (AvgIpc) is 3.04. The summed E-state index contributed by atoms with van der Waals surface area (Å²) in [7, 11) is 2.20. The molecule has 1 fully saturated rings. The smallest absolute Gasteiger partial charge is 0.0493 e. The van der Waals surface area contributed by atoms with Crippen LogP contribution in [0.25, 0.3) is 0 Å². The van der Waals surface area contributed by atoms with Gasteiger partial charge in [0.25, 0.3) is 0 Å². The summed E-state index contributed by atoms with van der Waals surface area (Å²) in [6, 6.07) is 9.29. The summed E-state index contributed by atoms with van der Waals surface area (Å²) in [4.78, 5) is 2.42. The lowest BCUT2D eigenvalue weighted by molar-refractivity contribution is 0.211. The first-order valence-electron chi connectivity index (χ1n) is 6.60. The first-order valence-corrected chi connectivity index (χ1v) is 6.60. The van der Waals surface area contributed by atoms with Crippen LogP contribution in [0.4, 0.5) is 0 Å². The average molecular weight is 232 g/mol. The van der Waals surface area contributed by atoms with E-state index in [2.05, 4.69) is 50.1 Å². The maximum atomic E-state index is 6.16. The third-order valence-electron chi connectivity index (χ3n) is 3.63. The summed E-state index contributed by atoms with van der Waals surface area (Å²) >= 11 is 0. The molecule has 0 radical (unpaired) electrons. The van der Waals surface area contributed by atoms with Crippen LogP contribution in [0.1, 0.15) is 36.9 Å². The number of aryl methyl sites for hydroxylation is 1. The van der Waals surface area contributed by atoms with Gasteiger partial charge in [0.15, 0.2) is 0 Å². The van der Waals surface area contributed by atoms with E-state index in [1.165, 1.54) is 30.5 Å². The summed E-state index contributed by atoms with van der Waals surface area (Å²) in [5, 5.41) is 0. The topological polar surface area (TPSA) is 29.3 Å². The zero-order valence-corrected chi connectivity index (χ0v) is 11.2. The van der Waals surface area contributed by atoms with Gasteiger partial charge >= 0.3 is 0 Å². The summed E-state index contributed by atoms with van der Waals surface area (Å²) in [6.07, 6.45) is 2.79. The molecule has 17 heavy (non-hydrogen) atoms. The molecule has 2 N–H and O–H groups in total. The number of nitrogens with two attached hydrogens (primary N) is 1. The van der Waals surface area contributed by atoms with Gasteiger partial charge in [-0.2, -0.15) is 0 Å². The summed E-state index contributed by atoms with van der Waals surface area (Å²) in [5.74, 6) is 0.909. The lowest BCUT2D eigenvalue weighted by Gasteiger charge is -2.31. The van der Waals surface area contributed by atoms with E-state index in [9.17, 15) is 0 Å². The number of benzene rings is 1. The van der Waals surface area contributed by atoms with E-state index < -0.39 is 0 Å². The number of nitrogens with zero attached hydrogens (tertiary/aromatic N) is 1. The lowest BCUT2D eigenvalue weighted by atomic mass is 9.98. The first kappa shape index (κ1) is 12.6. The molecule has 0 spiro atoms. The Bertz CT molecular complexity index is 352. The Labute approximate surface area is 105 Å². The highest BCUT2D eigenvalue weighted by Gasteiger charge is 2.28. The maximum absolute atomic E-state index is 6.16. The van der Waals surface area contributed by atoms with Crippen molar-refractivity contribution >= 4 is 0 Å². The van der Waals surface area contributed by atoms with E-state index in [-0.39, 0.29) is 6.04 Å². The predicted octanol–water partition coefficient (Wildman–Crippen LogP) is 2.73. The third-order valence-corrected chi connectivity index (χ3v) is 3.63. The van der Waals surface area contributed by atoms with Crippen LogP contribution in [0.2, 0.25) is 0 Å². The second kappa shape index (κ2) is 5.19. The Hall–Kier alpha value is -0.860. The van der Waals surface area contributed by atoms with Crippen LogP contribution in [0.15, 0.2) is 24.3 Å². The van der Waals surface area contributed by atoms with Gasteiger partial charge < -0.3 is 5.73 Å². The Morgan fingerprint density at radius 3 is 2.35 bits per heavy atom. The van der Waals surface area contributed by atoms with Gasteiger partial charge in [0, 0.05) is 18.6 Å². The zero-order valence-electron chi connectivity index (χ0n) is 11.2. The molecule has 1 aromatic carbocycles. The van der Waals surface area contributed by atoms with Gasteiger partial charge in [-0.3, -0.25) is 4.90 Å². The summed E-state index contributed by atoms with van der Waals surface area (Å²) in [6.45, 7) is 5.41. The van der Waals surface area contributed by atoms with Crippen molar-refractivity contribution in [1.29, 1.82) is 0 Å². The van der Waals surface area contributed by atoms with Crippen molar-refractivity contribution in [2.75, 3.05) is 13.6 Å². The first-order chi connectivity index (χ1) is 8.08. The van der Waals surface area contributed by atoms with E-state index in [0.717, 1.165) is 5.92 Å². The van der Waals surface area contributed by atoms with Gasteiger partial charge in [-0.1, -0.05) is 29.8 Å². The molecule has 0 aliphatic heterocycles. The Balaban J connectivity index is 2.12. The fourth-order valence-corrected chi connectivity index (χ4v) is 2.54. The largest absolute Gasteiger partial charge is 0.326 e. The highest BCUT2D eigenvalue weighted by molar-refractivity contribution is 5.25. The number of rotatable bonds is 5. The van der Waals surface area contributed by atoms with E-state index >= 15 is 0 Å². The quantitative estimate of drug-likeness (QED) is 0.846. The van der Waals surface area contributed by atoms with Crippen LogP contribution in [0.3, 0.4) is 0 Å². The van der Waals surface area contributed by atoms with Gasteiger partial charge in [-0.25, -0.2) is 0 Å². The molecule has 2 unspecified atom stereocenters. The van der Waals surface area contributed by atoms with Crippen LogP contribution in [0, 0.1) is 12.8 Å². The third kappa shape index (κ3) is 3.30. The predicted molar refractivity (Wildman–Crippen MR) is 72.9 cm³/mol. The zero-order chi connectivity index (χ0) is 12.4. The molecule has 1 aromatic rings. The molecule has 2 nitrogen and oxygen atoms in total. The molecular weight excluding hydrogens is 208 g/mol. The molecule has 1 saturated carbocycles.